The third-order valence-corrected chi connectivity index (χ3v) is 4.94. The highest BCUT2D eigenvalue weighted by Crippen LogP contribution is 2.09. The van der Waals surface area contributed by atoms with E-state index < -0.39 is 0 Å². The minimum atomic E-state index is 0.560. The molecule has 0 radical (unpaired) electrons. The van der Waals surface area contributed by atoms with E-state index in [1.807, 2.05) is 12.1 Å². The molecule has 0 saturated carbocycles. The molecule has 1 saturated heterocycles. The first-order chi connectivity index (χ1) is 12.6. The van der Waals surface area contributed by atoms with E-state index in [1.54, 1.807) is 0 Å². The van der Waals surface area contributed by atoms with Gasteiger partial charge in [0.2, 0.25) is 0 Å². The second kappa shape index (κ2) is 11.4. The molecule has 26 heavy (non-hydrogen) atoms. The lowest BCUT2D eigenvalue weighted by Crippen LogP contribution is -2.46. The van der Waals surface area contributed by atoms with Gasteiger partial charge in [-0.15, -0.1) is 0 Å². The average molecular weight is 380 g/mol. The van der Waals surface area contributed by atoms with Gasteiger partial charge in [0.1, 0.15) is 0 Å². The fourth-order valence-corrected chi connectivity index (χ4v) is 3.22. The van der Waals surface area contributed by atoms with Crippen LogP contribution in [0, 0.1) is 5.92 Å². The van der Waals surface area contributed by atoms with Crippen molar-refractivity contribution in [1.29, 1.82) is 0 Å². The lowest BCUT2D eigenvalue weighted by Gasteiger charge is -2.33. The minimum Gasteiger partial charge on any atom is -0.357 e. The van der Waals surface area contributed by atoms with E-state index in [2.05, 4.69) is 53.5 Å². The van der Waals surface area contributed by atoms with Crippen LogP contribution in [0.2, 0.25) is 5.02 Å². The van der Waals surface area contributed by atoms with E-state index >= 15 is 0 Å². The van der Waals surface area contributed by atoms with Crippen LogP contribution < -0.4 is 10.6 Å². The third kappa shape index (κ3) is 7.94. The molecule has 2 N–H and O–H groups in total. The zero-order valence-corrected chi connectivity index (χ0v) is 17.2. The molecule has 2 rings (SSSR count). The Morgan fingerprint density at radius 1 is 1.15 bits per heavy atom. The topological polar surface area (TPSA) is 42.9 Å². The number of hydrogen-bond acceptors (Lipinski definition) is 3. The van der Waals surface area contributed by atoms with Crippen LogP contribution in [-0.4, -0.2) is 75.2 Å². The van der Waals surface area contributed by atoms with Gasteiger partial charge >= 0.3 is 0 Å². The first kappa shape index (κ1) is 21.0. The highest BCUT2D eigenvalue weighted by molar-refractivity contribution is 6.30. The zero-order valence-electron chi connectivity index (χ0n) is 16.5. The number of nitrogens with zero attached hydrogens (tertiary/aromatic N) is 3. The van der Waals surface area contributed by atoms with Crippen LogP contribution in [0.15, 0.2) is 29.3 Å². The second-order valence-corrected chi connectivity index (χ2v) is 7.67. The van der Waals surface area contributed by atoms with Crippen LogP contribution in [0.5, 0.6) is 0 Å². The van der Waals surface area contributed by atoms with Crippen molar-refractivity contribution < 1.29 is 0 Å². The fourth-order valence-electron chi connectivity index (χ4n) is 3.09. The number of piperazine rings is 1. The molecule has 1 aromatic carbocycles. The van der Waals surface area contributed by atoms with Crippen molar-refractivity contribution in [2.24, 2.45) is 10.9 Å². The van der Waals surface area contributed by atoms with Gasteiger partial charge in [0.25, 0.3) is 0 Å². The molecule has 146 valence electrons. The van der Waals surface area contributed by atoms with Gasteiger partial charge in [0, 0.05) is 57.4 Å². The zero-order chi connectivity index (χ0) is 18.8. The predicted molar refractivity (Wildman–Crippen MR) is 112 cm³/mol. The summed E-state index contributed by atoms with van der Waals surface area (Å²) < 4.78 is 0. The highest BCUT2D eigenvalue weighted by Gasteiger charge is 2.15. The van der Waals surface area contributed by atoms with Crippen molar-refractivity contribution in [2.75, 3.05) is 59.4 Å². The third-order valence-electron chi connectivity index (χ3n) is 4.69. The summed E-state index contributed by atoms with van der Waals surface area (Å²) in [5, 5.41) is 7.56. The summed E-state index contributed by atoms with van der Waals surface area (Å²) in [5.74, 6) is 1.47. The van der Waals surface area contributed by atoms with Crippen molar-refractivity contribution in [3.63, 3.8) is 0 Å². The molecule has 1 aliphatic heterocycles. The molecule has 0 aliphatic carbocycles. The Morgan fingerprint density at radius 2 is 1.85 bits per heavy atom. The normalized spacial score (nSPS) is 17.9. The van der Waals surface area contributed by atoms with Crippen molar-refractivity contribution in [2.45, 2.75) is 20.3 Å². The minimum absolute atomic E-state index is 0.560. The summed E-state index contributed by atoms with van der Waals surface area (Å²) in [6.07, 6.45) is 0.957. The molecule has 6 heteroatoms. The molecule has 0 spiro atoms. The Morgan fingerprint density at radius 3 is 2.50 bits per heavy atom. The van der Waals surface area contributed by atoms with Gasteiger partial charge in [-0.05, 0) is 44.0 Å². The van der Waals surface area contributed by atoms with Gasteiger partial charge in [-0.1, -0.05) is 30.7 Å². The van der Waals surface area contributed by atoms with Crippen LogP contribution in [0.1, 0.15) is 19.4 Å². The summed E-state index contributed by atoms with van der Waals surface area (Å²) in [5.41, 5.74) is 1.28. The lowest BCUT2D eigenvalue weighted by molar-refractivity contribution is 0.140. The second-order valence-electron chi connectivity index (χ2n) is 7.23. The van der Waals surface area contributed by atoms with Crippen LogP contribution in [0.4, 0.5) is 0 Å². The quantitative estimate of drug-likeness (QED) is 0.537. The molecule has 1 unspecified atom stereocenters. The van der Waals surface area contributed by atoms with Crippen LogP contribution in [0.3, 0.4) is 0 Å². The molecule has 0 aromatic heterocycles. The number of hydrogen-bond donors (Lipinski definition) is 2. The van der Waals surface area contributed by atoms with Crippen LogP contribution >= 0.6 is 11.6 Å². The summed E-state index contributed by atoms with van der Waals surface area (Å²) in [6.45, 7) is 12.8. The van der Waals surface area contributed by atoms with Gasteiger partial charge in [-0.2, -0.15) is 0 Å². The first-order valence-corrected chi connectivity index (χ1v) is 10.1. The Labute approximate surface area is 163 Å². The molecular formula is C20H34ClN5. The molecule has 0 bridgehead atoms. The van der Waals surface area contributed by atoms with Crippen molar-refractivity contribution in [3.8, 4) is 0 Å². The molecule has 1 atom stereocenters. The largest absolute Gasteiger partial charge is 0.357 e. The molecule has 0 amide bonds. The maximum absolute atomic E-state index is 5.93. The van der Waals surface area contributed by atoms with Crippen molar-refractivity contribution >= 4 is 17.6 Å². The van der Waals surface area contributed by atoms with Crippen molar-refractivity contribution in [3.05, 3.63) is 34.9 Å². The van der Waals surface area contributed by atoms with Gasteiger partial charge in [0.15, 0.2) is 5.96 Å². The smallest absolute Gasteiger partial charge is 0.191 e. The number of nitrogens with one attached hydrogen (secondary N) is 2. The van der Waals surface area contributed by atoms with Gasteiger partial charge in [0.05, 0.1) is 0 Å². The molecule has 1 aromatic rings. The van der Waals surface area contributed by atoms with Gasteiger partial charge in [-0.25, -0.2) is 0 Å². The number of halogens is 1. The van der Waals surface area contributed by atoms with Crippen LogP contribution in [0.25, 0.3) is 0 Å². The summed E-state index contributed by atoms with van der Waals surface area (Å²) in [6, 6.07) is 8.03. The van der Waals surface area contributed by atoms with Gasteiger partial charge < -0.3 is 20.4 Å². The number of aliphatic imine (C=N–C) groups is 1. The number of guanidine groups is 1. The number of rotatable bonds is 8. The van der Waals surface area contributed by atoms with Crippen LogP contribution in [-0.2, 0) is 6.42 Å². The van der Waals surface area contributed by atoms with E-state index in [1.165, 1.54) is 31.7 Å². The molecule has 1 heterocycles. The average Bonchev–Trinajstić information content (AvgIpc) is 2.63. The molecule has 5 nitrogen and oxygen atoms in total. The summed E-state index contributed by atoms with van der Waals surface area (Å²) in [4.78, 5) is 9.73. The van der Waals surface area contributed by atoms with E-state index in [0.29, 0.717) is 5.92 Å². The monoisotopic (exact) mass is 379 g/mol. The first-order valence-electron chi connectivity index (χ1n) is 9.74. The van der Waals surface area contributed by atoms with Crippen molar-refractivity contribution in [1.82, 2.24) is 20.4 Å². The standard InChI is InChI=1S/C20H34ClN5/c1-4-22-20(23-10-9-18-5-7-19(21)8-6-18)24-15-17(2)16-26-13-11-25(3)12-14-26/h5-8,17H,4,9-16H2,1-3H3,(H2,22,23,24). The lowest BCUT2D eigenvalue weighted by atomic mass is 10.1. The summed E-state index contributed by atoms with van der Waals surface area (Å²) >= 11 is 5.93. The highest BCUT2D eigenvalue weighted by atomic mass is 35.5. The number of likely N-dealkylation sites (N-methyl/N-ethyl adjacent to an activating group) is 1. The Balaban J connectivity index is 1.73. The fraction of sp³-hybridized carbons (Fsp3) is 0.650. The van der Waals surface area contributed by atoms with E-state index in [0.717, 1.165) is 43.6 Å². The molecule has 1 fully saturated rings. The SMILES string of the molecule is CCNC(=NCC(C)CN1CCN(C)CC1)NCCc1ccc(Cl)cc1. The predicted octanol–water partition coefficient (Wildman–Crippen LogP) is 2.32. The van der Waals surface area contributed by atoms with E-state index in [4.69, 9.17) is 16.6 Å². The maximum Gasteiger partial charge on any atom is 0.191 e. The maximum atomic E-state index is 5.93. The number of benzene rings is 1. The Kier molecular flexibility index (Phi) is 9.23. The van der Waals surface area contributed by atoms with E-state index in [9.17, 15) is 0 Å². The molecule has 1 aliphatic rings. The Hall–Kier alpha value is -1.30. The Bertz CT molecular complexity index is 538. The molecular weight excluding hydrogens is 346 g/mol. The van der Waals surface area contributed by atoms with Gasteiger partial charge in [-0.3, -0.25) is 4.99 Å². The summed E-state index contributed by atoms with van der Waals surface area (Å²) in [7, 11) is 2.20. The van der Waals surface area contributed by atoms with E-state index in [-0.39, 0.29) is 0 Å².